The Morgan fingerprint density at radius 2 is 1.94 bits per heavy atom. The first kappa shape index (κ1) is 21.8. The number of methoxy groups -OCH3 is 1. The van der Waals surface area contributed by atoms with Gasteiger partial charge in [0.05, 0.1) is 30.8 Å². The van der Waals surface area contributed by atoms with Gasteiger partial charge in [0.1, 0.15) is 0 Å². The minimum atomic E-state index is -0.559. The number of allylic oxidation sites excluding steroid dienone is 1. The minimum absolute atomic E-state index is 0.00962. The van der Waals surface area contributed by atoms with Crippen LogP contribution in [0.15, 0.2) is 67.1 Å². The van der Waals surface area contributed by atoms with E-state index in [9.17, 15) is 9.59 Å². The number of aromatic nitrogens is 2. The van der Waals surface area contributed by atoms with Crippen LogP contribution in [0.2, 0.25) is 0 Å². The molecule has 0 bridgehead atoms. The summed E-state index contributed by atoms with van der Waals surface area (Å²) in [7, 11) is 1.39. The molecular weight excluding hydrogens is 440 g/mol. The van der Waals surface area contributed by atoms with Crippen LogP contribution in [0.5, 0.6) is 0 Å². The highest BCUT2D eigenvalue weighted by Crippen LogP contribution is 2.54. The third kappa shape index (κ3) is 3.25. The van der Waals surface area contributed by atoms with Crippen LogP contribution in [0.3, 0.4) is 0 Å². The van der Waals surface area contributed by atoms with Crippen molar-refractivity contribution in [2.45, 2.75) is 25.9 Å². The molecule has 7 heteroatoms. The molecule has 4 heterocycles. The molecular formula is C28H28N4O3. The number of nitrogens with zero attached hydrogens (tertiary/aromatic N) is 4. The number of carbonyl (C=O) groups is 2. The Balaban J connectivity index is 1.42. The van der Waals surface area contributed by atoms with E-state index in [-0.39, 0.29) is 24.0 Å². The minimum Gasteiger partial charge on any atom is -0.453 e. The second-order valence-corrected chi connectivity index (χ2v) is 9.98. The van der Waals surface area contributed by atoms with Crippen molar-refractivity contribution in [1.29, 1.82) is 0 Å². The maximum Gasteiger partial charge on any atom is 0.409 e. The smallest absolute Gasteiger partial charge is 0.409 e. The first-order chi connectivity index (χ1) is 17.0. The number of ether oxygens (including phenoxy) is 1. The van der Waals surface area contributed by atoms with Crippen LogP contribution in [0, 0.1) is 17.3 Å². The van der Waals surface area contributed by atoms with Crippen molar-refractivity contribution in [2.75, 3.05) is 20.2 Å². The van der Waals surface area contributed by atoms with Gasteiger partial charge in [0, 0.05) is 48.5 Å². The fourth-order valence-corrected chi connectivity index (χ4v) is 6.51. The largest absolute Gasteiger partial charge is 0.453 e. The van der Waals surface area contributed by atoms with Gasteiger partial charge in [0.25, 0.3) is 0 Å². The molecule has 3 unspecified atom stereocenters. The summed E-state index contributed by atoms with van der Waals surface area (Å²) in [6.07, 6.45) is 10.4. The van der Waals surface area contributed by atoms with E-state index < -0.39 is 5.41 Å². The predicted octanol–water partition coefficient (Wildman–Crippen LogP) is 4.29. The van der Waals surface area contributed by atoms with Gasteiger partial charge in [-0.25, -0.2) is 4.79 Å². The lowest BCUT2D eigenvalue weighted by atomic mass is 9.62. The SMILES string of the molecule is COC(=O)N1CC2(C1)C(=O)N(Cc1ncc3ccccc3c1-c1ccncc1)C1C=CCC(C)C12. The molecule has 6 rings (SSSR count). The van der Waals surface area contributed by atoms with E-state index in [1.165, 1.54) is 7.11 Å². The number of benzene rings is 1. The molecule has 2 aromatic heterocycles. The van der Waals surface area contributed by atoms with Crippen molar-refractivity contribution in [3.05, 3.63) is 72.8 Å². The summed E-state index contributed by atoms with van der Waals surface area (Å²) in [5.74, 6) is 0.621. The standard InChI is InChI=1S/C28H28N4O3/c1-18-6-5-9-23-25(18)28(16-31(17-28)27(34)35-2)26(33)32(23)15-22-24(19-10-12-29-13-11-19)21-8-4-3-7-20(21)14-30-22/h3-5,7-14,18,23,25H,6,15-17H2,1-2H3. The number of likely N-dealkylation sites (tertiary alicyclic amines) is 2. The third-order valence-corrected chi connectivity index (χ3v) is 8.05. The summed E-state index contributed by atoms with van der Waals surface area (Å²) in [4.78, 5) is 38.9. The predicted molar refractivity (Wildman–Crippen MR) is 132 cm³/mol. The van der Waals surface area contributed by atoms with E-state index in [1.54, 1.807) is 17.3 Å². The lowest BCUT2D eigenvalue weighted by Gasteiger charge is -2.50. The highest BCUT2D eigenvalue weighted by molar-refractivity contribution is 5.97. The summed E-state index contributed by atoms with van der Waals surface area (Å²) in [6, 6.07) is 12.2. The molecule has 35 heavy (non-hydrogen) atoms. The molecule has 7 nitrogen and oxygen atoms in total. The van der Waals surface area contributed by atoms with Crippen molar-refractivity contribution in [2.24, 2.45) is 17.3 Å². The maximum atomic E-state index is 14.1. The molecule has 1 spiro atoms. The Morgan fingerprint density at radius 1 is 1.17 bits per heavy atom. The average Bonchev–Trinajstić information content (AvgIpc) is 3.12. The van der Waals surface area contributed by atoms with E-state index in [0.29, 0.717) is 25.6 Å². The summed E-state index contributed by atoms with van der Waals surface area (Å²) >= 11 is 0. The third-order valence-electron chi connectivity index (χ3n) is 8.05. The zero-order valence-electron chi connectivity index (χ0n) is 19.9. The van der Waals surface area contributed by atoms with Gasteiger partial charge in [-0.1, -0.05) is 43.3 Å². The number of hydrogen-bond acceptors (Lipinski definition) is 5. The normalized spacial score (nSPS) is 24.5. The fraction of sp³-hybridized carbons (Fsp3) is 0.357. The summed E-state index contributed by atoms with van der Waals surface area (Å²) in [6.45, 7) is 3.46. The molecule has 3 aromatic rings. The van der Waals surface area contributed by atoms with Gasteiger partial charge in [-0.2, -0.15) is 0 Å². The molecule has 3 atom stereocenters. The fourth-order valence-electron chi connectivity index (χ4n) is 6.51. The van der Waals surface area contributed by atoms with Crippen molar-refractivity contribution in [3.8, 4) is 11.1 Å². The molecule has 2 amide bonds. The summed E-state index contributed by atoms with van der Waals surface area (Å²) in [5, 5.41) is 2.17. The molecule has 2 saturated heterocycles. The van der Waals surface area contributed by atoms with Gasteiger partial charge in [0.15, 0.2) is 0 Å². The van der Waals surface area contributed by atoms with Crippen LogP contribution in [0.4, 0.5) is 4.79 Å². The second-order valence-electron chi connectivity index (χ2n) is 9.98. The van der Waals surface area contributed by atoms with Gasteiger partial charge in [-0.3, -0.25) is 14.8 Å². The lowest BCUT2D eigenvalue weighted by molar-refractivity contribution is -0.147. The highest BCUT2D eigenvalue weighted by Gasteiger charge is 2.66. The van der Waals surface area contributed by atoms with E-state index in [1.807, 2.05) is 35.4 Å². The Hall–Kier alpha value is -3.74. The summed E-state index contributed by atoms with van der Waals surface area (Å²) < 4.78 is 4.92. The Labute approximate surface area is 204 Å². The van der Waals surface area contributed by atoms with Crippen LogP contribution in [0.1, 0.15) is 19.0 Å². The number of rotatable bonds is 3. The van der Waals surface area contributed by atoms with Crippen molar-refractivity contribution < 1.29 is 14.3 Å². The lowest BCUT2D eigenvalue weighted by Crippen LogP contribution is -2.65. The molecule has 3 aliphatic rings. The van der Waals surface area contributed by atoms with Crippen LogP contribution < -0.4 is 0 Å². The quantitative estimate of drug-likeness (QED) is 0.536. The second kappa shape index (κ2) is 8.18. The van der Waals surface area contributed by atoms with Gasteiger partial charge >= 0.3 is 6.09 Å². The van der Waals surface area contributed by atoms with Crippen molar-refractivity contribution in [3.63, 3.8) is 0 Å². The number of amides is 2. The van der Waals surface area contributed by atoms with Gasteiger partial charge in [0.2, 0.25) is 5.91 Å². The van der Waals surface area contributed by atoms with Gasteiger partial charge < -0.3 is 14.5 Å². The van der Waals surface area contributed by atoms with Crippen LogP contribution >= 0.6 is 0 Å². The van der Waals surface area contributed by atoms with Crippen molar-refractivity contribution >= 4 is 22.8 Å². The molecule has 0 radical (unpaired) electrons. The zero-order chi connectivity index (χ0) is 24.2. The van der Waals surface area contributed by atoms with Gasteiger partial charge in [-0.05, 0) is 35.4 Å². The van der Waals surface area contributed by atoms with Crippen molar-refractivity contribution in [1.82, 2.24) is 19.8 Å². The van der Waals surface area contributed by atoms with Crippen LogP contribution in [-0.2, 0) is 16.1 Å². The van der Waals surface area contributed by atoms with E-state index in [4.69, 9.17) is 9.72 Å². The molecule has 1 aliphatic carbocycles. The average molecular weight is 469 g/mol. The topological polar surface area (TPSA) is 75.6 Å². The summed E-state index contributed by atoms with van der Waals surface area (Å²) in [5.41, 5.74) is 2.38. The van der Waals surface area contributed by atoms with E-state index in [0.717, 1.165) is 34.0 Å². The molecule has 2 aliphatic heterocycles. The molecule has 0 N–H and O–H groups in total. The number of fused-ring (bicyclic) bond motifs is 3. The van der Waals surface area contributed by atoms with Gasteiger partial charge in [-0.15, -0.1) is 0 Å². The van der Waals surface area contributed by atoms with E-state index >= 15 is 0 Å². The maximum absolute atomic E-state index is 14.1. The van der Waals surface area contributed by atoms with Crippen LogP contribution in [-0.4, -0.2) is 58.0 Å². The highest BCUT2D eigenvalue weighted by atomic mass is 16.5. The molecule has 1 aromatic carbocycles. The Kier molecular flexibility index (Phi) is 5.09. The number of pyridine rings is 2. The monoisotopic (exact) mass is 468 g/mol. The first-order valence-electron chi connectivity index (χ1n) is 12.1. The molecule has 0 saturated carbocycles. The Bertz CT molecular complexity index is 1330. The molecule has 2 fully saturated rings. The zero-order valence-corrected chi connectivity index (χ0v) is 19.9. The van der Waals surface area contributed by atoms with Crippen LogP contribution in [0.25, 0.3) is 21.9 Å². The number of hydrogen-bond donors (Lipinski definition) is 0. The first-order valence-corrected chi connectivity index (χ1v) is 12.1. The molecule has 178 valence electrons. The Morgan fingerprint density at radius 3 is 2.71 bits per heavy atom. The van der Waals surface area contributed by atoms with E-state index in [2.05, 4.69) is 36.2 Å². The number of carbonyl (C=O) groups excluding carboxylic acids is 2.